The third kappa shape index (κ3) is 5.37. The fourth-order valence-corrected chi connectivity index (χ4v) is 2.88. The number of ether oxygens (including phenoxy) is 1. The molecule has 0 aliphatic rings. The fourth-order valence-electron chi connectivity index (χ4n) is 2.26. The van der Waals surface area contributed by atoms with Crippen LogP contribution >= 0.6 is 11.3 Å². The average Bonchev–Trinajstić information content (AvgIpc) is 3.08. The Kier molecular flexibility index (Phi) is 7.10. The Morgan fingerprint density at radius 1 is 1.30 bits per heavy atom. The van der Waals surface area contributed by atoms with Gasteiger partial charge in [-0.25, -0.2) is 4.99 Å². The molecule has 0 fully saturated rings. The Hall–Kier alpha value is -1.85. The van der Waals surface area contributed by atoms with Crippen LogP contribution < -0.4 is 15.8 Å². The number of nitrogens with two attached hydrogens (primary N) is 1. The minimum Gasteiger partial charge on any atom is -0.493 e. The third-order valence-electron chi connectivity index (χ3n) is 3.44. The monoisotopic (exact) mass is 331 g/mol. The zero-order chi connectivity index (χ0) is 16.5. The summed E-state index contributed by atoms with van der Waals surface area (Å²) < 4.78 is 5.91. The Morgan fingerprint density at radius 3 is 2.87 bits per heavy atom. The van der Waals surface area contributed by atoms with Gasteiger partial charge in [-0.15, -0.1) is 11.3 Å². The van der Waals surface area contributed by atoms with Crippen LogP contribution in [-0.4, -0.2) is 19.5 Å². The molecule has 0 unspecified atom stereocenters. The van der Waals surface area contributed by atoms with Crippen molar-refractivity contribution in [1.82, 2.24) is 5.32 Å². The second-order valence-electron chi connectivity index (χ2n) is 5.35. The molecule has 23 heavy (non-hydrogen) atoms. The summed E-state index contributed by atoms with van der Waals surface area (Å²) >= 11 is 1.59. The highest BCUT2D eigenvalue weighted by molar-refractivity contribution is 7.12. The quantitative estimate of drug-likeness (QED) is 0.413. The van der Waals surface area contributed by atoms with Gasteiger partial charge in [-0.3, -0.25) is 0 Å². The van der Waals surface area contributed by atoms with Gasteiger partial charge in [0.15, 0.2) is 0 Å². The van der Waals surface area contributed by atoms with Gasteiger partial charge in [0.25, 0.3) is 0 Å². The van der Waals surface area contributed by atoms with Crippen LogP contribution in [0.5, 0.6) is 5.75 Å². The predicted molar refractivity (Wildman–Crippen MR) is 98.9 cm³/mol. The summed E-state index contributed by atoms with van der Waals surface area (Å²) in [5.41, 5.74) is 8.01. The zero-order valence-corrected chi connectivity index (χ0v) is 14.7. The van der Waals surface area contributed by atoms with Crippen molar-refractivity contribution in [2.45, 2.75) is 32.7 Å². The number of benzene rings is 1. The lowest BCUT2D eigenvalue weighted by atomic mass is 10.1. The van der Waals surface area contributed by atoms with Crippen molar-refractivity contribution in [3.05, 3.63) is 46.2 Å². The van der Waals surface area contributed by atoms with E-state index in [4.69, 9.17) is 10.5 Å². The van der Waals surface area contributed by atoms with Crippen molar-refractivity contribution >= 4 is 22.9 Å². The summed E-state index contributed by atoms with van der Waals surface area (Å²) in [5.74, 6) is 1.47. The van der Waals surface area contributed by atoms with Gasteiger partial charge in [0, 0.05) is 12.1 Å². The standard InChI is InChI=1S/C18H25N3OS/c1-3-4-5-10-22-16-9-8-15(12-14(16)13-20-2)21-18(19)17-7-6-11-23-17/h6-9,11-12,20H,3-5,10,13H2,1-2H3,(H2,19,21). The molecule has 0 aliphatic carbocycles. The Balaban J connectivity index is 2.13. The van der Waals surface area contributed by atoms with Crippen LogP contribution in [0.3, 0.4) is 0 Å². The van der Waals surface area contributed by atoms with E-state index in [9.17, 15) is 0 Å². The number of amidine groups is 1. The molecule has 2 rings (SSSR count). The third-order valence-corrected chi connectivity index (χ3v) is 4.33. The maximum Gasteiger partial charge on any atom is 0.141 e. The molecule has 2 aromatic rings. The SMILES string of the molecule is CCCCCOc1ccc(N=C(N)c2cccs2)cc1CNC. The van der Waals surface area contributed by atoms with Crippen molar-refractivity contribution in [1.29, 1.82) is 0 Å². The summed E-state index contributed by atoms with van der Waals surface area (Å²) in [6.45, 7) is 3.69. The van der Waals surface area contributed by atoms with Crippen molar-refractivity contribution in [3.8, 4) is 5.75 Å². The summed E-state index contributed by atoms with van der Waals surface area (Å²) in [6, 6.07) is 9.92. The van der Waals surface area contributed by atoms with E-state index in [1.165, 1.54) is 12.8 Å². The molecule has 0 radical (unpaired) electrons. The van der Waals surface area contributed by atoms with E-state index in [-0.39, 0.29) is 0 Å². The molecule has 0 saturated carbocycles. The van der Waals surface area contributed by atoms with Gasteiger partial charge in [-0.2, -0.15) is 0 Å². The smallest absolute Gasteiger partial charge is 0.141 e. The number of hydrogen-bond donors (Lipinski definition) is 2. The molecule has 3 N–H and O–H groups in total. The number of nitrogens with one attached hydrogen (secondary N) is 1. The fraction of sp³-hybridized carbons (Fsp3) is 0.389. The number of thiophene rings is 1. The number of hydrogen-bond acceptors (Lipinski definition) is 4. The molecule has 1 aromatic heterocycles. The summed E-state index contributed by atoms with van der Waals surface area (Å²) in [6.07, 6.45) is 3.48. The van der Waals surface area contributed by atoms with Crippen LogP contribution in [0.1, 0.15) is 36.6 Å². The van der Waals surface area contributed by atoms with Crippen LogP contribution in [0.2, 0.25) is 0 Å². The van der Waals surface area contributed by atoms with Gasteiger partial charge < -0.3 is 15.8 Å². The van der Waals surface area contributed by atoms with E-state index < -0.39 is 0 Å². The first-order valence-electron chi connectivity index (χ1n) is 8.03. The van der Waals surface area contributed by atoms with Crippen molar-refractivity contribution in [3.63, 3.8) is 0 Å². The molecule has 0 amide bonds. The summed E-state index contributed by atoms with van der Waals surface area (Å²) in [4.78, 5) is 5.50. The number of nitrogens with zero attached hydrogens (tertiary/aromatic N) is 1. The Bertz CT molecular complexity index is 623. The van der Waals surface area contributed by atoms with Gasteiger partial charge in [0.1, 0.15) is 11.6 Å². The molecule has 0 aliphatic heterocycles. The van der Waals surface area contributed by atoms with Crippen LogP contribution in [0.15, 0.2) is 40.7 Å². The molecule has 5 heteroatoms. The van der Waals surface area contributed by atoms with Gasteiger partial charge in [-0.1, -0.05) is 25.8 Å². The highest BCUT2D eigenvalue weighted by Gasteiger charge is 2.06. The molecule has 0 atom stereocenters. The van der Waals surface area contributed by atoms with E-state index in [0.717, 1.165) is 41.4 Å². The second-order valence-corrected chi connectivity index (χ2v) is 6.30. The van der Waals surface area contributed by atoms with Crippen molar-refractivity contribution in [2.75, 3.05) is 13.7 Å². The molecule has 1 aromatic carbocycles. The largest absolute Gasteiger partial charge is 0.493 e. The maximum atomic E-state index is 6.06. The molecular weight excluding hydrogens is 306 g/mol. The molecule has 0 spiro atoms. The van der Waals surface area contributed by atoms with E-state index in [2.05, 4.69) is 17.2 Å². The second kappa shape index (κ2) is 9.33. The number of rotatable bonds is 9. The molecule has 0 bridgehead atoms. The van der Waals surface area contributed by atoms with E-state index in [1.54, 1.807) is 11.3 Å². The summed E-state index contributed by atoms with van der Waals surface area (Å²) in [5, 5.41) is 5.17. The van der Waals surface area contributed by atoms with Crippen molar-refractivity contribution < 1.29 is 4.74 Å². The predicted octanol–water partition coefficient (Wildman–Crippen LogP) is 4.07. The Morgan fingerprint density at radius 2 is 2.17 bits per heavy atom. The van der Waals surface area contributed by atoms with Gasteiger partial charge in [0.05, 0.1) is 17.2 Å². The highest BCUT2D eigenvalue weighted by Crippen LogP contribution is 2.25. The minimum absolute atomic E-state index is 0.548. The lowest BCUT2D eigenvalue weighted by Gasteiger charge is -2.12. The molecule has 0 saturated heterocycles. The van der Waals surface area contributed by atoms with Gasteiger partial charge in [-0.05, 0) is 43.1 Å². The van der Waals surface area contributed by atoms with Gasteiger partial charge in [0.2, 0.25) is 0 Å². The van der Waals surface area contributed by atoms with E-state index >= 15 is 0 Å². The molecule has 4 nitrogen and oxygen atoms in total. The minimum atomic E-state index is 0.548. The Labute approximate surface area is 142 Å². The topological polar surface area (TPSA) is 59.6 Å². The maximum absolute atomic E-state index is 6.06. The number of unbranched alkanes of at least 4 members (excludes halogenated alkanes) is 2. The highest BCUT2D eigenvalue weighted by atomic mass is 32.1. The van der Waals surface area contributed by atoms with Crippen LogP contribution in [-0.2, 0) is 6.54 Å². The van der Waals surface area contributed by atoms with Crippen LogP contribution in [0, 0.1) is 0 Å². The summed E-state index contributed by atoms with van der Waals surface area (Å²) in [7, 11) is 1.93. The molecular formula is C18H25N3OS. The first-order valence-corrected chi connectivity index (χ1v) is 8.91. The zero-order valence-electron chi connectivity index (χ0n) is 13.8. The molecule has 1 heterocycles. The lowest BCUT2D eigenvalue weighted by Crippen LogP contribution is -2.11. The first-order chi connectivity index (χ1) is 11.2. The molecule has 124 valence electrons. The van der Waals surface area contributed by atoms with Crippen molar-refractivity contribution in [2.24, 2.45) is 10.7 Å². The van der Waals surface area contributed by atoms with Crippen LogP contribution in [0.25, 0.3) is 0 Å². The van der Waals surface area contributed by atoms with E-state index in [1.807, 2.05) is 42.8 Å². The average molecular weight is 331 g/mol. The first kappa shape index (κ1) is 17.5. The normalized spacial score (nSPS) is 11.7. The van der Waals surface area contributed by atoms with Gasteiger partial charge >= 0.3 is 0 Å². The number of aliphatic imine (C=N–C) groups is 1. The lowest BCUT2D eigenvalue weighted by molar-refractivity contribution is 0.303. The van der Waals surface area contributed by atoms with Crippen LogP contribution in [0.4, 0.5) is 5.69 Å². The van der Waals surface area contributed by atoms with E-state index in [0.29, 0.717) is 5.84 Å².